The van der Waals surface area contributed by atoms with Gasteiger partial charge in [0.1, 0.15) is 0 Å². The molecule has 1 rings (SSSR count). The van der Waals surface area contributed by atoms with Crippen LogP contribution >= 0.6 is 11.6 Å². The van der Waals surface area contributed by atoms with Crippen LogP contribution in [0.15, 0.2) is 6.20 Å². The van der Waals surface area contributed by atoms with Gasteiger partial charge in [-0.05, 0) is 11.6 Å². The standard InChI is InChI=1S/C7HClF4N2O4/c8-6(15)4-5(14(16)17)3(9)2(1-13-4)18-7(10,11)12/h1H. The van der Waals surface area contributed by atoms with E-state index in [2.05, 4.69) is 9.72 Å². The largest absolute Gasteiger partial charge is 0.573 e. The molecule has 0 bridgehead atoms. The van der Waals surface area contributed by atoms with Crippen LogP contribution in [0.4, 0.5) is 23.2 Å². The molecule has 0 radical (unpaired) electrons. The number of halogens is 5. The molecule has 1 aromatic rings. The molecule has 0 saturated heterocycles. The third-order valence-electron chi connectivity index (χ3n) is 1.55. The molecule has 0 aliphatic rings. The van der Waals surface area contributed by atoms with Crippen LogP contribution in [0.25, 0.3) is 0 Å². The number of alkyl halides is 3. The molecule has 0 aliphatic heterocycles. The van der Waals surface area contributed by atoms with Crippen LogP contribution in [0.2, 0.25) is 0 Å². The fourth-order valence-electron chi connectivity index (χ4n) is 0.968. The predicted octanol–water partition coefficient (Wildman–Crippen LogP) is 2.41. The van der Waals surface area contributed by atoms with Crippen LogP contribution in [-0.2, 0) is 0 Å². The van der Waals surface area contributed by atoms with E-state index in [-0.39, 0.29) is 6.20 Å². The van der Waals surface area contributed by atoms with Crippen LogP contribution in [0.1, 0.15) is 10.5 Å². The van der Waals surface area contributed by atoms with Crippen molar-refractivity contribution in [3.8, 4) is 5.75 Å². The molecular weight excluding hydrogens is 288 g/mol. The first-order chi connectivity index (χ1) is 8.13. The van der Waals surface area contributed by atoms with Gasteiger partial charge in [-0.2, -0.15) is 4.39 Å². The van der Waals surface area contributed by atoms with Crippen LogP contribution in [-0.4, -0.2) is 21.5 Å². The van der Waals surface area contributed by atoms with Crippen molar-refractivity contribution in [3.05, 3.63) is 27.8 Å². The van der Waals surface area contributed by atoms with Crippen molar-refractivity contribution in [1.82, 2.24) is 4.98 Å². The molecule has 1 aromatic heterocycles. The highest BCUT2D eigenvalue weighted by atomic mass is 35.5. The lowest BCUT2D eigenvalue weighted by molar-refractivity contribution is -0.388. The average Bonchev–Trinajstić information content (AvgIpc) is 2.17. The van der Waals surface area contributed by atoms with Crippen molar-refractivity contribution >= 4 is 22.5 Å². The van der Waals surface area contributed by atoms with E-state index in [1.165, 1.54) is 0 Å². The summed E-state index contributed by atoms with van der Waals surface area (Å²) in [5, 5.41) is 8.96. The molecular formula is C7HClF4N2O4. The Balaban J connectivity index is 3.40. The van der Waals surface area contributed by atoms with E-state index in [1.807, 2.05) is 0 Å². The van der Waals surface area contributed by atoms with E-state index in [1.54, 1.807) is 0 Å². The molecule has 11 heteroatoms. The number of aromatic nitrogens is 1. The van der Waals surface area contributed by atoms with Gasteiger partial charge in [0.2, 0.25) is 11.5 Å². The third-order valence-corrected chi connectivity index (χ3v) is 1.73. The number of carbonyl (C=O) groups excluding carboxylic acids is 1. The fourth-order valence-corrected chi connectivity index (χ4v) is 1.11. The molecule has 0 unspecified atom stereocenters. The lowest BCUT2D eigenvalue weighted by Gasteiger charge is -2.09. The summed E-state index contributed by atoms with van der Waals surface area (Å²) in [7, 11) is 0. The quantitative estimate of drug-likeness (QED) is 0.369. The van der Waals surface area contributed by atoms with Crippen LogP contribution in [0, 0.1) is 15.9 Å². The van der Waals surface area contributed by atoms with Crippen molar-refractivity contribution in [2.75, 3.05) is 0 Å². The monoisotopic (exact) mass is 288 g/mol. The molecule has 0 atom stereocenters. The minimum atomic E-state index is -5.26. The van der Waals surface area contributed by atoms with Crippen LogP contribution < -0.4 is 4.74 Å². The van der Waals surface area contributed by atoms with Gasteiger partial charge in [0.15, 0.2) is 5.75 Å². The highest BCUT2D eigenvalue weighted by molar-refractivity contribution is 6.67. The van der Waals surface area contributed by atoms with E-state index < -0.39 is 39.5 Å². The van der Waals surface area contributed by atoms with Crippen molar-refractivity contribution in [1.29, 1.82) is 0 Å². The lowest BCUT2D eigenvalue weighted by atomic mass is 10.3. The van der Waals surface area contributed by atoms with E-state index in [9.17, 15) is 32.5 Å². The molecule has 0 spiro atoms. The maximum Gasteiger partial charge on any atom is 0.573 e. The first-order valence-electron chi connectivity index (χ1n) is 3.92. The van der Waals surface area contributed by atoms with Crippen molar-refractivity contribution in [2.24, 2.45) is 0 Å². The Morgan fingerprint density at radius 2 is 2.06 bits per heavy atom. The van der Waals surface area contributed by atoms with Gasteiger partial charge in [0.05, 0.1) is 11.1 Å². The van der Waals surface area contributed by atoms with Crippen LogP contribution in [0.5, 0.6) is 5.75 Å². The summed E-state index contributed by atoms with van der Waals surface area (Å²) >= 11 is 4.87. The minimum absolute atomic E-state index is 0.172. The minimum Gasteiger partial charge on any atom is -0.401 e. The number of carbonyl (C=O) groups is 1. The van der Waals surface area contributed by atoms with E-state index in [0.717, 1.165) is 0 Å². The maximum absolute atomic E-state index is 13.4. The molecule has 0 amide bonds. The topological polar surface area (TPSA) is 82.3 Å². The Morgan fingerprint density at radius 1 is 1.50 bits per heavy atom. The van der Waals surface area contributed by atoms with Gasteiger partial charge in [0, 0.05) is 0 Å². The molecule has 0 N–H and O–H groups in total. The summed E-state index contributed by atoms with van der Waals surface area (Å²) in [4.78, 5) is 22.7. The molecule has 0 saturated carbocycles. The van der Waals surface area contributed by atoms with E-state index in [4.69, 9.17) is 11.6 Å². The first-order valence-corrected chi connectivity index (χ1v) is 4.29. The number of nitrogens with zero attached hydrogens (tertiary/aromatic N) is 2. The summed E-state index contributed by atoms with van der Waals surface area (Å²) in [6, 6.07) is 0. The lowest BCUT2D eigenvalue weighted by Crippen LogP contribution is -2.19. The second-order valence-electron chi connectivity index (χ2n) is 2.71. The zero-order valence-corrected chi connectivity index (χ0v) is 8.75. The zero-order chi connectivity index (χ0) is 14.1. The normalized spacial score (nSPS) is 11.2. The van der Waals surface area contributed by atoms with Gasteiger partial charge in [-0.3, -0.25) is 14.9 Å². The van der Waals surface area contributed by atoms with Gasteiger partial charge in [-0.15, -0.1) is 13.2 Å². The number of hydrogen-bond acceptors (Lipinski definition) is 5. The zero-order valence-electron chi connectivity index (χ0n) is 7.99. The Bertz CT molecular complexity index is 519. The molecule has 1 heterocycles. The second-order valence-corrected chi connectivity index (χ2v) is 3.06. The fraction of sp³-hybridized carbons (Fsp3) is 0.143. The summed E-state index contributed by atoms with van der Waals surface area (Å²) in [5.74, 6) is -3.52. The van der Waals surface area contributed by atoms with Crippen molar-refractivity contribution in [3.63, 3.8) is 0 Å². The number of ether oxygens (including phenoxy) is 1. The summed E-state index contributed by atoms with van der Waals surface area (Å²) in [6.07, 6.45) is -5.09. The highest BCUT2D eigenvalue weighted by Crippen LogP contribution is 2.32. The number of hydrogen-bond donors (Lipinski definition) is 0. The molecule has 98 valence electrons. The Hall–Kier alpha value is -1.97. The van der Waals surface area contributed by atoms with Gasteiger partial charge in [-0.25, -0.2) is 4.98 Å². The molecule has 0 aliphatic carbocycles. The number of nitro groups is 1. The Labute approximate surface area is 100 Å². The van der Waals surface area contributed by atoms with Gasteiger partial charge in [-0.1, -0.05) is 0 Å². The van der Waals surface area contributed by atoms with Crippen LogP contribution in [0.3, 0.4) is 0 Å². The molecule has 18 heavy (non-hydrogen) atoms. The summed E-state index contributed by atoms with van der Waals surface area (Å²) < 4.78 is 52.0. The SMILES string of the molecule is O=C(Cl)c1ncc(OC(F)(F)F)c(F)c1[N+](=O)[O-]. The third kappa shape index (κ3) is 3.03. The maximum atomic E-state index is 13.4. The molecule has 0 aromatic carbocycles. The number of pyridine rings is 1. The van der Waals surface area contributed by atoms with Gasteiger partial charge < -0.3 is 4.74 Å². The average molecular weight is 289 g/mol. The summed E-state index contributed by atoms with van der Waals surface area (Å²) in [6.45, 7) is 0. The van der Waals surface area contributed by atoms with E-state index >= 15 is 0 Å². The smallest absolute Gasteiger partial charge is 0.401 e. The molecule has 0 fully saturated rings. The highest BCUT2D eigenvalue weighted by Gasteiger charge is 2.36. The first kappa shape index (κ1) is 14.1. The van der Waals surface area contributed by atoms with Gasteiger partial charge >= 0.3 is 12.0 Å². The Morgan fingerprint density at radius 3 is 2.44 bits per heavy atom. The van der Waals surface area contributed by atoms with Crippen molar-refractivity contribution in [2.45, 2.75) is 6.36 Å². The summed E-state index contributed by atoms with van der Waals surface area (Å²) in [5.41, 5.74) is -2.70. The number of rotatable bonds is 3. The van der Waals surface area contributed by atoms with Gasteiger partial charge in [0.25, 0.3) is 5.24 Å². The van der Waals surface area contributed by atoms with E-state index in [0.29, 0.717) is 0 Å². The Kier molecular flexibility index (Phi) is 3.70. The van der Waals surface area contributed by atoms with Crippen molar-refractivity contribution < 1.29 is 32.0 Å². The second kappa shape index (κ2) is 4.72. The molecule has 6 nitrogen and oxygen atoms in total. The predicted molar refractivity (Wildman–Crippen MR) is 47.7 cm³/mol.